The Hall–Kier alpha value is -1.85. The van der Waals surface area contributed by atoms with Crippen molar-refractivity contribution >= 4 is 18.3 Å². The minimum atomic E-state index is -0.00129. The molecule has 0 spiro atoms. The zero-order chi connectivity index (χ0) is 13.5. The predicted molar refractivity (Wildman–Crippen MR) is 79.6 cm³/mol. The van der Waals surface area contributed by atoms with Gasteiger partial charge in [-0.2, -0.15) is 0 Å². The Morgan fingerprint density at radius 2 is 2.05 bits per heavy atom. The van der Waals surface area contributed by atoms with E-state index < -0.39 is 0 Å². The smallest absolute Gasteiger partial charge is 0.226 e. The Morgan fingerprint density at radius 3 is 2.75 bits per heavy atom. The number of aromatic nitrogens is 1. The number of benzene rings is 1. The van der Waals surface area contributed by atoms with E-state index in [4.69, 9.17) is 4.42 Å². The molecule has 0 aliphatic carbocycles. The van der Waals surface area contributed by atoms with E-state index in [2.05, 4.69) is 15.6 Å². The van der Waals surface area contributed by atoms with Crippen molar-refractivity contribution in [2.45, 2.75) is 13.0 Å². The average Bonchev–Trinajstić information content (AvgIpc) is 2.93. The maximum absolute atomic E-state index is 11.4. The summed E-state index contributed by atoms with van der Waals surface area (Å²) in [6, 6.07) is 9.66. The summed E-state index contributed by atoms with van der Waals surface area (Å²) in [6.45, 7) is 1.05. The van der Waals surface area contributed by atoms with Crippen LogP contribution in [-0.2, 0) is 11.3 Å². The lowest BCUT2D eigenvalue weighted by atomic mass is 10.2. The van der Waals surface area contributed by atoms with E-state index in [0.717, 1.165) is 11.3 Å². The summed E-state index contributed by atoms with van der Waals surface area (Å²) in [6.07, 6.45) is 2.03. The van der Waals surface area contributed by atoms with Gasteiger partial charge < -0.3 is 15.1 Å². The van der Waals surface area contributed by atoms with E-state index in [9.17, 15) is 4.79 Å². The lowest BCUT2D eigenvalue weighted by molar-refractivity contribution is -0.121. The SMILES string of the molecule is CNCCC(=O)NCc1coc(-c2ccccc2)n1.Cl. The molecule has 0 unspecified atom stereocenters. The second-order valence-electron chi connectivity index (χ2n) is 4.14. The minimum Gasteiger partial charge on any atom is -0.444 e. The molecule has 1 heterocycles. The molecule has 1 amide bonds. The van der Waals surface area contributed by atoms with Crippen LogP contribution in [0.25, 0.3) is 11.5 Å². The highest BCUT2D eigenvalue weighted by atomic mass is 35.5. The summed E-state index contributed by atoms with van der Waals surface area (Å²) in [7, 11) is 1.82. The number of carbonyl (C=O) groups excluding carboxylic acids is 1. The van der Waals surface area contributed by atoms with E-state index in [0.29, 0.717) is 25.4 Å². The highest BCUT2D eigenvalue weighted by molar-refractivity contribution is 5.85. The van der Waals surface area contributed by atoms with Crippen LogP contribution in [0.3, 0.4) is 0 Å². The van der Waals surface area contributed by atoms with Gasteiger partial charge in [0.05, 0.1) is 12.2 Å². The molecule has 1 aromatic carbocycles. The molecule has 0 bridgehead atoms. The highest BCUT2D eigenvalue weighted by Gasteiger charge is 2.07. The predicted octanol–water partition coefficient (Wildman–Crippen LogP) is 1.99. The number of oxazole rings is 1. The molecule has 0 saturated heterocycles. The Balaban J connectivity index is 0.00000200. The van der Waals surface area contributed by atoms with E-state index in [1.807, 2.05) is 37.4 Å². The van der Waals surface area contributed by atoms with Gasteiger partial charge in [-0.15, -0.1) is 12.4 Å². The van der Waals surface area contributed by atoms with Gasteiger partial charge in [-0.25, -0.2) is 4.98 Å². The number of rotatable bonds is 6. The lowest BCUT2D eigenvalue weighted by Gasteiger charge is -2.01. The summed E-state index contributed by atoms with van der Waals surface area (Å²) >= 11 is 0. The van der Waals surface area contributed by atoms with Gasteiger partial charge in [0.2, 0.25) is 11.8 Å². The van der Waals surface area contributed by atoms with Crippen molar-refractivity contribution in [3.8, 4) is 11.5 Å². The molecule has 2 aromatic rings. The molecule has 0 aliphatic rings. The van der Waals surface area contributed by atoms with Crippen LogP contribution in [0.15, 0.2) is 41.0 Å². The van der Waals surface area contributed by atoms with E-state index >= 15 is 0 Å². The van der Waals surface area contributed by atoms with Crippen molar-refractivity contribution in [2.24, 2.45) is 0 Å². The summed E-state index contributed by atoms with van der Waals surface area (Å²) in [5.74, 6) is 0.568. The number of hydrogen-bond donors (Lipinski definition) is 2. The Kier molecular flexibility index (Phi) is 6.76. The number of carbonyl (C=O) groups is 1. The second-order valence-corrected chi connectivity index (χ2v) is 4.14. The minimum absolute atomic E-state index is 0. The van der Waals surface area contributed by atoms with Crippen LogP contribution >= 0.6 is 12.4 Å². The maximum atomic E-state index is 11.4. The molecule has 108 valence electrons. The molecular weight excluding hydrogens is 278 g/mol. The normalized spacial score (nSPS) is 9.85. The van der Waals surface area contributed by atoms with Gasteiger partial charge in [0.15, 0.2) is 0 Å². The van der Waals surface area contributed by atoms with Crippen molar-refractivity contribution in [1.29, 1.82) is 0 Å². The number of nitrogens with one attached hydrogen (secondary N) is 2. The van der Waals surface area contributed by atoms with Crippen LogP contribution in [0.1, 0.15) is 12.1 Å². The summed E-state index contributed by atoms with van der Waals surface area (Å²) in [4.78, 5) is 15.8. The van der Waals surface area contributed by atoms with Gasteiger partial charge >= 0.3 is 0 Å². The van der Waals surface area contributed by atoms with Crippen LogP contribution < -0.4 is 10.6 Å². The zero-order valence-electron chi connectivity index (χ0n) is 11.3. The maximum Gasteiger partial charge on any atom is 0.226 e. The van der Waals surface area contributed by atoms with Crippen LogP contribution in [0.4, 0.5) is 0 Å². The standard InChI is InChI=1S/C14H17N3O2.ClH/c1-15-8-7-13(18)16-9-12-10-19-14(17-12)11-5-3-2-4-6-11;/h2-6,10,15H,7-9H2,1H3,(H,16,18);1H. The van der Waals surface area contributed by atoms with Crippen molar-refractivity contribution in [3.05, 3.63) is 42.3 Å². The molecule has 6 heteroatoms. The molecule has 5 nitrogen and oxygen atoms in total. The summed E-state index contributed by atoms with van der Waals surface area (Å²) in [5.41, 5.74) is 1.65. The quantitative estimate of drug-likeness (QED) is 0.855. The van der Waals surface area contributed by atoms with Gasteiger partial charge in [0, 0.05) is 18.5 Å². The molecule has 2 N–H and O–H groups in total. The lowest BCUT2D eigenvalue weighted by Crippen LogP contribution is -2.26. The molecule has 0 saturated carbocycles. The topological polar surface area (TPSA) is 67.2 Å². The van der Waals surface area contributed by atoms with E-state index in [1.54, 1.807) is 6.26 Å². The van der Waals surface area contributed by atoms with Crippen molar-refractivity contribution in [3.63, 3.8) is 0 Å². The third kappa shape index (κ3) is 4.68. The first kappa shape index (κ1) is 16.2. The molecular formula is C14H18ClN3O2. The van der Waals surface area contributed by atoms with E-state index in [-0.39, 0.29) is 18.3 Å². The first-order chi connectivity index (χ1) is 9.29. The van der Waals surface area contributed by atoms with Crippen molar-refractivity contribution < 1.29 is 9.21 Å². The van der Waals surface area contributed by atoms with Crippen molar-refractivity contribution in [2.75, 3.05) is 13.6 Å². The number of hydrogen-bond acceptors (Lipinski definition) is 4. The highest BCUT2D eigenvalue weighted by Crippen LogP contribution is 2.17. The fourth-order valence-corrected chi connectivity index (χ4v) is 1.62. The Morgan fingerprint density at radius 1 is 1.30 bits per heavy atom. The van der Waals surface area contributed by atoms with Gasteiger partial charge in [0.1, 0.15) is 6.26 Å². The number of halogens is 1. The second kappa shape index (κ2) is 8.35. The van der Waals surface area contributed by atoms with Gasteiger partial charge in [-0.3, -0.25) is 4.79 Å². The van der Waals surface area contributed by atoms with Crippen LogP contribution in [-0.4, -0.2) is 24.5 Å². The largest absolute Gasteiger partial charge is 0.444 e. The Bertz CT molecular complexity index is 528. The molecule has 0 fully saturated rings. The van der Waals surface area contributed by atoms with Crippen LogP contribution in [0.2, 0.25) is 0 Å². The first-order valence-electron chi connectivity index (χ1n) is 6.20. The molecule has 2 rings (SSSR count). The summed E-state index contributed by atoms with van der Waals surface area (Å²) in [5, 5.41) is 5.72. The zero-order valence-corrected chi connectivity index (χ0v) is 12.1. The third-order valence-electron chi connectivity index (χ3n) is 2.64. The average molecular weight is 296 g/mol. The molecule has 20 heavy (non-hydrogen) atoms. The molecule has 0 aliphatic heterocycles. The van der Waals surface area contributed by atoms with Gasteiger partial charge in [-0.1, -0.05) is 18.2 Å². The van der Waals surface area contributed by atoms with Gasteiger partial charge in [-0.05, 0) is 19.2 Å². The fourth-order valence-electron chi connectivity index (χ4n) is 1.62. The van der Waals surface area contributed by atoms with E-state index in [1.165, 1.54) is 0 Å². The summed E-state index contributed by atoms with van der Waals surface area (Å²) < 4.78 is 5.39. The monoisotopic (exact) mass is 295 g/mol. The fraction of sp³-hybridized carbons (Fsp3) is 0.286. The first-order valence-corrected chi connectivity index (χ1v) is 6.20. The van der Waals surface area contributed by atoms with Gasteiger partial charge in [0.25, 0.3) is 0 Å². The molecule has 0 atom stereocenters. The number of amides is 1. The Labute approximate surface area is 124 Å². The van der Waals surface area contributed by atoms with Crippen LogP contribution in [0.5, 0.6) is 0 Å². The number of nitrogens with zero attached hydrogens (tertiary/aromatic N) is 1. The molecule has 0 radical (unpaired) electrons. The third-order valence-corrected chi connectivity index (χ3v) is 2.64. The van der Waals surface area contributed by atoms with Crippen LogP contribution in [0, 0.1) is 0 Å². The molecule has 1 aromatic heterocycles. The van der Waals surface area contributed by atoms with Crippen molar-refractivity contribution in [1.82, 2.24) is 15.6 Å².